The Labute approximate surface area is 212 Å². The summed E-state index contributed by atoms with van der Waals surface area (Å²) in [7, 11) is 0. The Morgan fingerprint density at radius 3 is 2.34 bits per heavy atom. The number of rotatable bonds is 9. The number of hydrogen-bond acceptors (Lipinski definition) is 2. The molecule has 0 saturated heterocycles. The average Bonchev–Trinajstić information content (AvgIpc) is 3.24. The summed E-state index contributed by atoms with van der Waals surface area (Å²) in [5, 5.41) is 0.770. The molecule has 0 unspecified atom stereocenters. The van der Waals surface area contributed by atoms with Crippen molar-refractivity contribution in [3.63, 3.8) is 0 Å². The first-order chi connectivity index (χ1) is 17.2. The lowest BCUT2D eigenvalue weighted by Crippen LogP contribution is -2.07. The molecule has 0 aliphatic heterocycles. The van der Waals surface area contributed by atoms with Gasteiger partial charge in [-0.3, -0.25) is 0 Å². The molecule has 5 aromatic rings. The van der Waals surface area contributed by atoms with Gasteiger partial charge in [0, 0.05) is 18.0 Å². The molecule has 0 aliphatic rings. The van der Waals surface area contributed by atoms with Crippen LogP contribution in [0.4, 0.5) is 0 Å². The van der Waals surface area contributed by atoms with E-state index < -0.39 is 0 Å². The van der Waals surface area contributed by atoms with Crippen LogP contribution in [0.3, 0.4) is 0 Å². The SMILES string of the molecule is Cc1cc(OCCCCn2c(Cc3ccc(-c4ccccc4)cc3)nc3ccccc32)ccc1Cl. The molecule has 1 aromatic heterocycles. The van der Waals surface area contributed by atoms with Gasteiger partial charge in [-0.25, -0.2) is 4.98 Å². The number of fused-ring (bicyclic) bond motifs is 1. The van der Waals surface area contributed by atoms with Gasteiger partial charge >= 0.3 is 0 Å². The number of ether oxygens (including phenoxy) is 1. The van der Waals surface area contributed by atoms with Crippen molar-refractivity contribution < 1.29 is 4.74 Å². The molecule has 0 bridgehead atoms. The van der Waals surface area contributed by atoms with Crippen LogP contribution in [0.15, 0.2) is 97.1 Å². The van der Waals surface area contributed by atoms with Crippen molar-refractivity contribution in [3.05, 3.63) is 119 Å². The molecule has 176 valence electrons. The fraction of sp³-hybridized carbons (Fsp3) is 0.194. The molecule has 0 atom stereocenters. The maximum Gasteiger partial charge on any atom is 0.119 e. The molecule has 0 radical (unpaired) electrons. The summed E-state index contributed by atoms with van der Waals surface area (Å²) in [6.07, 6.45) is 2.80. The Morgan fingerprint density at radius 1 is 0.800 bits per heavy atom. The van der Waals surface area contributed by atoms with Crippen molar-refractivity contribution in [2.45, 2.75) is 32.7 Å². The first-order valence-electron chi connectivity index (χ1n) is 12.1. The molecule has 5 rings (SSSR count). The molecule has 0 amide bonds. The van der Waals surface area contributed by atoms with Crippen molar-refractivity contribution >= 4 is 22.6 Å². The minimum atomic E-state index is 0.685. The van der Waals surface area contributed by atoms with E-state index in [2.05, 4.69) is 77.4 Å². The Hall–Kier alpha value is -3.56. The lowest BCUT2D eigenvalue weighted by molar-refractivity contribution is 0.303. The number of benzene rings is 4. The van der Waals surface area contributed by atoms with E-state index in [0.29, 0.717) is 6.61 Å². The van der Waals surface area contributed by atoms with Crippen LogP contribution in [-0.2, 0) is 13.0 Å². The molecule has 1 heterocycles. The van der Waals surface area contributed by atoms with Crippen molar-refractivity contribution in [2.75, 3.05) is 6.61 Å². The molecule has 3 nitrogen and oxygen atoms in total. The van der Waals surface area contributed by atoms with Crippen molar-refractivity contribution in [2.24, 2.45) is 0 Å². The molecule has 4 heteroatoms. The van der Waals surface area contributed by atoms with Gasteiger partial charge in [0.15, 0.2) is 0 Å². The summed E-state index contributed by atoms with van der Waals surface area (Å²) in [4.78, 5) is 4.97. The third kappa shape index (κ3) is 5.58. The van der Waals surface area contributed by atoms with Crippen LogP contribution in [0.2, 0.25) is 5.02 Å². The van der Waals surface area contributed by atoms with E-state index in [4.69, 9.17) is 21.3 Å². The van der Waals surface area contributed by atoms with Gasteiger partial charge in [-0.05, 0) is 72.4 Å². The maximum atomic E-state index is 6.11. The summed E-state index contributed by atoms with van der Waals surface area (Å²) in [6.45, 7) is 3.60. The van der Waals surface area contributed by atoms with Crippen LogP contribution >= 0.6 is 11.6 Å². The molecular weight excluding hydrogens is 452 g/mol. The average molecular weight is 481 g/mol. The normalized spacial score (nSPS) is 11.1. The Balaban J connectivity index is 1.25. The van der Waals surface area contributed by atoms with Crippen LogP contribution in [0.25, 0.3) is 22.2 Å². The second kappa shape index (κ2) is 10.8. The summed E-state index contributed by atoms with van der Waals surface area (Å²) < 4.78 is 8.31. The third-order valence-corrected chi connectivity index (χ3v) is 6.76. The number of hydrogen-bond donors (Lipinski definition) is 0. The van der Waals surface area contributed by atoms with E-state index in [9.17, 15) is 0 Å². The van der Waals surface area contributed by atoms with Crippen molar-refractivity contribution in [1.29, 1.82) is 0 Å². The van der Waals surface area contributed by atoms with Crippen LogP contribution < -0.4 is 4.74 Å². The third-order valence-electron chi connectivity index (χ3n) is 6.33. The van der Waals surface area contributed by atoms with E-state index in [1.807, 2.05) is 31.2 Å². The number of para-hydroxylation sites is 2. The van der Waals surface area contributed by atoms with Crippen LogP contribution in [-0.4, -0.2) is 16.2 Å². The van der Waals surface area contributed by atoms with Gasteiger partial charge in [-0.15, -0.1) is 0 Å². The van der Waals surface area contributed by atoms with E-state index >= 15 is 0 Å². The van der Waals surface area contributed by atoms with Gasteiger partial charge < -0.3 is 9.30 Å². The molecule has 0 aliphatic carbocycles. The van der Waals surface area contributed by atoms with E-state index in [-0.39, 0.29) is 0 Å². The van der Waals surface area contributed by atoms with Gasteiger partial charge in [0.1, 0.15) is 11.6 Å². The second-order valence-electron chi connectivity index (χ2n) is 8.87. The highest BCUT2D eigenvalue weighted by atomic mass is 35.5. The first-order valence-corrected chi connectivity index (χ1v) is 12.5. The van der Waals surface area contributed by atoms with Gasteiger partial charge in [-0.1, -0.05) is 78.3 Å². The number of imidazole rings is 1. The first kappa shape index (κ1) is 23.2. The quantitative estimate of drug-likeness (QED) is 0.199. The maximum absolute atomic E-state index is 6.11. The highest BCUT2D eigenvalue weighted by molar-refractivity contribution is 6.31. The second-order valence-corrected chi connectivity index (χ2v) is 9.28. The van der Waals surface area contributed by atoms with Crippen LogP contribution in [0, 0.1) is 6.92 Å². The Kier molecular flexibility index (Phi) is 7.15. The summed E-state index contributed by atoms with van der Waals surface area (Å²) in [6, 6.07) is 33.5. The minimum absolute atomic E-state index is 0.685. The van der Waals surface area contributed by atoms with Crippen LogP contribution in [0.5, 0.6) is 5.75 Å². The number of unbranched alkanes of at least 4 members (excludes halogenated alkanes) is 1. The van der Waals surface area contributed by atoms with Gasteiger partial charge in [-0.2, -0.15) is 0 Å². The zero-order valence-electron chi connectivity index (χ0n) is 20.0. The molecule has 35 heavy (non-hydrogen) atoms. The number of halogens is 1. The fourth-order valence-electron chi connectivity index (χ4n) is 4.41. The molecule has 4 aromatic carbocycles. The van der Waals surface area contributed by atoms with Gasteiger partial charge in [0.2, 0.25) is 0 Å². The molecule has 0 saturated carbocycles. The monoisotopic (exact) mass is 480 g/mol. The highest BCUT2D eigenvalue weighted by Gasteiger charge is 2.11. The molecule has 0 N–H and O–H groups in total. The minimum Gasteiger partial charge on any atom is -0.494 e. The summed E-state index contributed by atoms with van der Waals surface area (Å²) in [5.74, 6) is 1.98. The lowest BCUT2D eigenvalue weighted by atomic mass is 10.0. The van der Waals surface area contributed by atoms with E-state index in [1.165, 1.54) is 22.2 Å². The van der Waals surface area contributed by atoms with Crippen molar-refractivity contribution in [3.8, 4) is 16.9 Å². The largest absolute Gasteiger partial charge is 0.494 e. The summed E-state index contributed by atoms with van der Waals surface area (Å²) in [5.41, 5.74) is 7.02. The highest BCUT2D eigenvalue weighted by Crippen LogP contribution is 2.24. The number of aromatic nitrogens is 2. The Bertz CT molecular complexity index is 1410. The smallest absolute Gasteiger partial charge is 0.119 e. The lowest BCUT2D eigenvalue weighted by Gasteiger charge is -2.11. The molecular formula is C31H29ClN2O. The topological polar surface area (TPSA) is 27.1 Å². The number of nitrogens with zero attached hydrogens (tertiary/aromatic N) is 2. The standard InChI is InChI=1S/C31H29ClN2O/c1-23-21-27(17-18-28(23)32)35-20-8-7-19-34-30-12-6-5-11-29(30)33-31(34)22-24-13-15-26(16-14-24)25-9-3-2-4-10-25/h2-6,9-18,21H,7-8,19-20,22H2,1H3. The van der Waals surface area contributed by atoms with Gasteiger partial charge in [0.25, 0.3) is 0 Å². The zero-order chi connectivity index (χ0) is 24.0. The van der Waals surface area contributed by atoms with Gasteiger partial charge in [0.05, 0.1) is 17.6 Å². The molecule has 0 spiro atoms. The van der Waals surface area contributed by atoms with E-state index in [0.717, 1.165) is 53.5 Å². The van der Waals surface area contributed by atoms with E-state index in [1.54, 1.807) is 0 Å². The number of aryl methyl sites for hydroxylation is 2. The summed E-state index contributed by atoms with van der Waals surface area (Å²) >= 11 is 6.11. The predicted molar refractivity (Wildman–Crippen MR) is 145 cm³/mol. The van der Waals surface area contributed by atoms with Crippen molar-refractivity contribution in [1.82, 2.24) is 9.55 Å². The fourth-order valence-corrected chi connectivity index (χ4v) is 4.52. The van der Waals surface area contributed by atoms with Crippen LogP contribution in [0.1, 0.15) is 29.8 Å². The molecule has 0 fully saturated rings. The Morgan fingerprint density at radius 2 is 1.54 bits per heavy atom. The zero-order valence-corrected chi connectivity index (χ0v) is 20.7. The predicted octanol–water partition coefficient (Wildman–Crippen LogP) is 8.12.